The summed E-state index contributed by atoms with van der Waals surface area (Å²) in [6.45, 7) is 4.52. The molecule has 0 saturated heterocycles. The van der Waals surface area contributed by atoms with Gasteiger partial charge in [-0.25, -0.2) is 9.38 Å². The molecule has 2 unspecified atom stereocenters. The lowest BCUT2D eigenvalue weighted by Gasteiger charge is -2.29. The van der Waals surface area contributed by atoms with Gasteiger partial charge in [0.2, 0.25) is 5.91 Å². The maximum atomic E-state index is 14.3. The highest BCUT2D eigenvalue weighted by molar-refractivity contribution is 6.11. The van der Waals surface area contributed by atoms with Gasteiger partial charge in [0.25, 0.3) is 11.8 Å². The first kappa shape index (κ1) is 36.0. The predicted molar refractivity (Wildman–Crippen MR) is 168 cm³/mol. The number of amidine groups is 1. The van der Waals surface area contributed by atoms with E-state index >= 15 is 0 Å². The second-order valence-electron chi connectivity index (χ2n) is 10.5. The van der Waals surface area contributed by atoms with Gasteiger partial charge in [-0.3, -0.25) is 19.3 Å². The third-order valence-electron chi connectivity index (χ3n) is 7.09. The Balaban J connectivity index is 2.06. The molecule has 0 aliphatic rings. The number of alkyl halides is 3. The molecule has 3 amide bonds. The zero-order chi connectivity index (χ0) is 34.7. The number of halogens is 4. The number of nitrogens with zero attached hydrogens (tertiary/aromatic N) is 3. The molecule has 4 N–H and O–H groups in total. The van der Waals surface area contributed by atoms with Gasteiger partial charge in [-0.1, -0.05) is 36.4 Å². The molecular weight excluding hydrogens is 616 g/mol. The Morgan fingerprint density at radius 2 is 1.68 bits per heavy atom. The molecule has 3 aromatic carbocycles. The fraction of sp³-hybridized carbons (Fsp3) is 0.265. The van der Waals surface area contributed by atoms with Crippen LogP contribution < -0.4 is 16.4 Å². The van der Waals surface area contributed by atoms with Gasteiger partial charge >= 0.3 is 6.18 Å². The Bertz CT molecular complexity index is 1680. The van der Waals surface area contributed by atoms with E-state index < -0.39 is 47.2 Å². The third kappa shape index (κ3) is 9.99. The van der Waals surface area contributed by atoms with E-state index in [9.17, 15) is 31.9 Å². The van der Waals surface area contributed by atoms with Crippen molar-refractivity contribution in [3.05, 3.63) is 113 Å². The van der Waals surface area contributed by atoms with Crippen LogP contribution in [0.25, 0.3) is 0 Å². The largest absolute Gasteiger partial charge is 0.416 e. The van der Waals surface area contributed by atoms with Gasteiger partial charge in [0.15, 0.2) is 0 Å². The molecule has 246 valence electrons. The highest BCUT2D eigenvalue weighted by atomic mass is 19.4. The van der Waals surface area contributed by atoms with E-state index in [2.05, 4.69) is 15.6 Å². The van der Waals surface area contributed by atoms with Crippen LogP contribution >= 0.6 is 0 Å². The number of amides is 3. The molecule has 0 radical (unpaired) electrons. The third-order valence-corrected chi connectivity index (χ3v) is 7.09. The average molecular weight is 651 g/mol. The quantitative estimate of drug-likeness (QED) is 0.147. The number of carbonyl (C=O) groups is 3. The summed E-state index contributed by atoms with van der Waals surface area (Å²) >= 11 is 0. The lowest BCUT2D eigenvalue weighted by atomic mass is 10.0. The first-order chi connectivity index (χ1) is 22.2. The molecule has 0 bridgehead atoms. The van der Waals surface area contributed by atoms with E-state index in [0.29, 0.717) is 22.9 Å². The van der Waals surface area contributed by atoms with E-state index in [0.717, 1.165) is 12.1 Å². The van der Waals surface area contributed by atoms with Crippen molar-refractivity contribution < 1.29 is 31.9 Å². The molecule has 0 heterocycles. The van der Waals surface area contributed by atoms with E-state index in [4.69, 9.17) is 11.0 Å². The van der Waals surface area contributed by atoms with Crippen molar-refractivity contribution in [3.8, 4) is 6.07 Å². The zero-order valence-electron chi connectivity index (χ0n) is 25.9. The highest BCUT2D eigenvalue weighted by Crippen LogP contribution is 2.29. The summed E-state index contributed by atoms with van der Waals surface area (Å²) in [5.74, 6) is -3.53. The lowest BCUT2D eigenvalue weighted by molar-refractivity contribution is -0.137. The van der Waals surface area contributed by atoms with Gasteiger partial charge in [0.05, 0.1) is 23.9 Å². The first-order valence-electron chi connectivity index (χ1n) is 14.6. The van der Waals surface area contributed by atoms with E-state index in [-0.39, 0.29) is 36.6 Å². The Morgan fingerprint density at radius 3 is 2.28 bits per heavy atom. The molecule has 3 rings (SSSR count). The van der Waals surface area contributed by atoms with Crippen molar-refractivity contribution in [1.29, 1.82) is 5.26 Å². The summed E-state index contributed by atoms with van der Waals surface area (Å²) in [7, 11) is 0. The van der Waals surface area contributed by atoms with Crippen molar-refractivity contribution in [2.45, 2.75) is 39.4 Å². The fourth-order valence-electron chi connectivity index (χ4n) is 4.37. The van der Waals surface area contributed by atoms with Crippen LogP contribution in [0.15, 0.2) is 95.1 Å². The number of aliphatic imine (C=N–C) groups is 1. The number of likely N-dealkylation sites (N-methyl/N-ethyl adjacent to an activating group) is 1. The number of nitrogens with one attached hydrogen (secondary N) is 2. The SMILES string of the molecule is CCN(C(=O)C(Cc1ccc(F)cc1)NC(=O)c1cccc(C(F)(F)F)c1)C(=Nc1ccccc1)/C(C)=C(\N)CNC(=O)C(C)C#N. The molecular formula is C34H34F4N6O3. The van der Waals surface area contributed by atoms with Crippen molar-refractivity contribution in [3.63, 3.8) is 0 Å². The summed E-state index contributed by atoms with van der Waals surface area (Å²) in [6.07, 6.45) is -4.84. The Labute approximate surface area is 269 Å². The van der Waals surface area contributed by atoms with Crippen molar-refractivity contribution in [2.75, 3.05) is 13.1 Å². The number of hydrogen-bond donors (Lipinski definition) is 3. The van der Waals surface area contributed by atoms with Crippen molar-refractivity contribution >= 4 is 29.2 Å². The van der Waals surface area contributed by atoms with E-state index in [1.165, 1.54) is 42.2 Å². The molecule has 0 aromatic heterocycles. The number of rotatable bonds is 11. The summed E-state index contributed by atoms with van der Waals surface area (Å²) in [5.41, 5.74) is 6.34. The Morgan fingerprint density at radius 1 is 1.02 bits per heavy atom. The fourth-order valence-corrected chi connectivity index (χ4v) is 4.37. The molecule has 47 heavy (non-hydrogen) atoms. The maximum Gasteiger partial charge on any atom is 0.416 e. The monoisotopic (exact) mass is 650 g/mol. The van der Waals surface area contributed by atoms with Crippen LogP contribution in [-0.4, -0.2) is 47.6 Å². The number of carbonyl (C=O) groups excluding carboxylic acids is 3. The molecule has 2 atom stereocenters. The maximum absolute atomic E-state index is 14.3. The molecule has 0 aliphatic heterocycles. The van der Waals surface area contributed by atoms with Crippen LogP contribution in [0.5, 0.6) is 0 Å². The van der Waals surface area contributed by atoms with Crippen LogP contribution in [-0.2, 0) is 22.2 Å². The van der Waals surface area contributed by atoms with Crippen LogP contribution in [0.3, 0.4) is 0 Å². The number of hydrogen-bond acceptors (Lipinski definition) is 6. The predicted octanol–water partition coefficient (Wildman–Crippen LogP) is 5.27. The molecule has 0 fully saturated rings. The lowest BCUT2D eigenvalue weighted by Crippen LogP contribution is -2.52. The van der Waals surface area contributed by atoms with Crippen LogP contribution in [0.1, 0.15) is 42.3 Å². The topological polar surface area (TPSA) is 141 Å². The van der Waals surface area contributed by atoms with E-state index in [1.807, 2.05) is 6.07 Å². The van der Waals surface area contributed by atoms with E-state index in [1.54, 1.807) is 44.2 Å². The molecule has 0 saturated carbocycles. The number of nitrogens with two attached hydrogens (primary N) is 1. The minimum Gasteiger partial charge on any atom is -0.400 e. The van der Waals surface area contributed by atoms with Gasteiger partial charge in [-0.15, -0.1) is 0 Å². The smallest absolute Gasteiger partial charge is 0.400 e. The van der Waals surface area contributed by atoms with Crippen LogP contribution in [0.4, 0.5) is 23.2 Å². The van der Waals surface area contributed by atoms with Crippen LogP contribution in [0, 0.1) is 23.1 Å². The second kappa shape index (κ2) is 16.2. The molecule has 0 spiro atoms. The molecule has 0 aliphatic carbocycles. The Hall–Kier alpha value is -5.51. The number of nitriles is 1. The van der Waals surface area contributed by atoms with Crippen molar-refractivity contribution in [2.24, 2.45) is 16.6 Å². The van der Waals surface area contributed by atoms with Gasteiger partial charge in [0, 0.05) is 29.8 Å². The van der Waals surface area contributed by atoms with Gasteiger partial charge in [-0.05, 0) is 68.8 Å². The van der Waals surface area contributed by atoms with Gasteiger partial charge in [-0.2, -0.15) is 18.4 Å². The normalized spacial score (nSPS) is 13.4. The second-order valence-corrected chi connectivity index (χ2v) is 10.5. The Kier molecular flexibility index (Phi) is 12.4. The number of benzene rings is 3. The highest BCUT2D eigenvalue weighted by Gasteiger charge is 2.33. The van der Waals surface area contributed by atoms with Crippen molar-refractivity contribution in [1.82, 2.24) is 15.5 Å². The zero-order valence-corrected chi connectivity index (χ0v) is 25.9. The van der Waals surface area contributed by atoms with Gasteiger partial charge < -0.3 is 16.4 Å². The minimum absolute atomic E-state index is 0.0201. The molecule has 9 nitrogen and oxygen atoms in total. The standard InChI is InChI=1S/C34H34F4N6O3/c1-4-44(30(42-27-11-6-5-7-12-27)22(3)28(40)20-41-31(45)21(2)19-39)33(47)29(17-23-13-15-26(35)16-14-23)43-32(46)24-9-8-10-25(18-24)34(36,37)38/h5-16,18,21,29H,4,17,20,40H2,1-3H3,(H,41,45)(H,43,46)/b28-22-,42-30?. The molecule has 3 aromatic rings. The first-order valence-corrected chi connectivity index (χ1v) is 14.6. The summed E-state index contributed by atoms with van der Waals surface area (Å²) in [5, 5.41) is 14.2. The summed E-state index contributed by atoms with van der Waals surface area (Å²) in [6, 6.07) is 18.1. The summed E-state index contributed by atoms with van der Waals surface area (Å²) < 4.78 is 53.8. The number of para-hydroxylation sites is 1. The minimum atomic E-state index is -4.70. The molecule has 13 heteroatoms. The summed E-state index contributed by atoms with van der Waals surface area (Å²) in [4.78, 5) is 45.7. The average Bonchev–Trinajstić information content (AvgIpc) is 3.06. The van der Waals surface area contributed by atoms with Gasteiger partial charge in [0.1, 0.15) is 23.6 Å². The van der Waals surface area contributed by atoms with Crippen LogP contribution in [0.2, 0.25) is 0 Å².